The fraction of sp³-hybridized carbons (Fsp3) is 0.304. The summed E-state index contributed by atoms with van der Waals surface area (Å²) in [5.74, 6) is -0.0629. The highest BCUT2D eigenvalue weighted by Gasteiger charge is 2.18. The molecule has 28 heavy (non-hydrogen) atoms. The van der Waals surface area contributed by atoms with Gasteiger partial charge in [-0.3, -0.25) is 9.59 Å². The molecule has 0 radical (unpaired) electrons. The SMILES string of the molecule is CC(C)Sc1ccc(CC(=O)Nc2ccc3c4c(c(=O)[nH]c3c2)CCC4)cc1. The predicted molar refractivity (Wildman–Crippen MR) is 116 cm³/mol. The summed E-state index contributed by atoms with van der Waals surface area (Å²) in [4.78, 5) is 28.9. The summed E-state index contributed by atoms with van der Waals surface area (Å²) in [5.41, 5.74) is 4.57. The van der Waals surface area contributed by atoms with Crippen molar-refractivity contribution in [1.29, 1.82) is 0 Å². The van der Waals surface area contributed by atoms with E-state index in [2.05, 4.69) is 36.3 Å². The number of anilines is 1. The Morgan fingerprint density at radius 2 is 1.86 bits per heavy atom. The van der Waals surface area contributed by atoms with Gasteiger partial charge in [0.05, 0.1) is 11.9 Å². The molecule has 0 saturated heterocycles. The lowest BCUT2D eigenvalue weighted by atomic mass is 10.1. The molecule has 1 aliphatic carbocycles. The number of rotatable bonds is 5. The average molecular weight is 393 g/mol. The second-order valence-corrected chi connectivity index (χ2v) is 9.21. The molecule has 5 heteroatoms. The molecule has 1 aromatic heterocycles. The quantitative estimate of drug-likeness (QED) is 0.619. The maximum atomic E-state index is 12.4. The van der Waals surface area contributed by atoms with Gasteiger partial charge >= 0.3 is 0 Å². The van der Waals surface area contributed by atoms with Crippen LogP contribution in [0.5, 0.6) is 0 Å². The van der Waals surface area contributed by atoms with E-state index in [4.69, 9.17) is 0 Å². The highest BCUT2D eigenvalue weighted by atomic mass is 32.2. The molecule has 3 aromatic rings. The zero-order valence-electron chi connectivity index (χ0n) is 16.2. The number of fused-ring (bicyclic) bond motifs is 3. The molecule has 0 atom stereocenters. The first kappa shape index (κ1) is 18.8. The Morgan fingerprint density at radius 3 is 2.61 bits per heavy atom. The van der Waals surface area contributed by atoms with E-state index in [1.165, 1.54) is 4.90 Å². The highest BCUT2D eigenvalue weighted by molar-refractivity contribution is 7.99. The fourth-order valence-corrected chi connectivity index (χ4v) is 4.66. The first-order valence-electron chi connectivity index (χ1n) is 9.73. The maximum Gasteiger partial charge on any atom is 0.251 e. The van der Waals surface area contributed by atoms with Crippen molar-refractivity contribution in [1.82, 2.24) is 4.98 Å². The number of aryl methyl sites for hydroxylation is 1. The molecule has 0 spiro atoms. The molecule has 4 rings (SSSR count). The Balaban J connectivity index is 1.48. The van der Waals surface area contributed by atoms with Crippen molar-refractivity contribution in [2.45, 2.75) is 49.7 Å². The summed E-state index contributed by atoms with van der Waals surface area (Å²) in [6.07, 6.45) is 3.16. The third-order valence-corrected chi connectivity index (χ3v) is 6.04. The van der Waals surface area contributed by atoms with E-state index >= 15 is 0 Å². The van der Waals surface area contributed by atoms with Crippen LogP contribution in [0.4, 0.5) is 5.69 Å². The zero-order valence-corrected chi connectivity index (χ0v) is 17.0. The molecule has 0 bridgehead atoms. The molecule has 0 fully saturated rings. The van der Waals surface area contributed by atoms with Crippen LogP contribution < -0.4 is 10.9 Å². The van der Waals surface area contributed by atoms with E-state index in [1.807, 2.05) is 42.1 Å². The smallest absolute Gasteiger partial charge is 0.251 e. The molecule has 0 unspecified atom stereocenters. The van der Waals surface area contributed by atoms with Crippen LogP contribution >= 0.6 is 11.8 Å². The Kier molecular flexibility index (Phi) is 5.27. The molecule has 0 aliphatic heterocycles. The van der Waals surface area contributed by atoms with Crippen LogP contribution in [0.25, 0.3) is 10.9 Å². The third kappa shape index (κ3) is 3.99. The monoisotopic (exact) mass is 392 g/mol. The van der Waals surface area contributed by atoms with Crippen LogP contribution in [0, 0.1) is 0 Å². The second-order valence-electron chi connectivity index (χ2n) is 7.56. The normalized spacial score (nSPS) is 13.1. The average Bonchev–Trinajstić information content (AvgIpc) is 3.13. The first-order valence-corrected chi connectivity index (χ1v) is 10.6. The lowest BCUT2D eigenvalue weighted by Gasteiger charge is -2.10. The van der Waals surface area contributed by atoms with Crippen molar-refractivity contribution in [3.63, 3.8) is 0 Å². The number of carbonyl (C=O) groups is 1. The largest absolute Gasteiger partial charge is 0.326 e. The molecular weight excluding hydrogens is 368 g/mol. The van der Waals surface area contributed by atoms with Crippen molar-refractivity contribution in [3.05, 3.63) is 69.5 Å². The van der Waals surface area contributed by atoms with E-state index in [1.54, 1.807) is 0 Å². The number of nitrogens with one attached hydrogen (secondary N) is 2. The van der Waals surface area contributed by atoms with Gasteiger partial charge in [-0.15, -0.1) is 11.8 Å². The standard InChI is InChI=1S/C23H24N2O2S/c1-14(2)28-17-9-6-15(7-10-17)12-22(26)24-16-8-11-19-18-4-3-5-20(18)23(27)25-21(19)13-16/h6-11,13-14H,3-5,12H2,1-2H3,(H,24,26)(H,25,27). The van der Waals surface area contributed by atoms with Crippen LogP contribution in [-0.2, 0) is 24.1 Å². The molecule has 2 aromatic carbocycles. The summed E-state index contributed by atoms with van der Waals surface area (Å²) in [6, 6.07) is 13.9. The van der Waals surface area contributed by atoms with Crippen LogP contribution in [0.2, 0.25) is 0 Å². The Bertz CT molecular complexity index is 1080. The molecule has 0 saturated carbocycles. The minimum absolute atomic E-state index is 0.00262. The molecule has 4 nitrogen and oxygen atoms in total. The maximum absolute atomic E-state index is 12.4. The van der Waals surface area contributed by atoms with Crippen LogP contribution in [0.3, 0.4) is 0 Å². The number of aromatic nitrogens is 1. The highest BCUT2D eigenvalue weighted by Crippen LogP contribution is 2.28. The number of carbonyl (C=O) groups excluding carboxylic acids is 1. The first-order chi connectivity index (χ1) is 13.5. The summed E-state index contributed by atoms with van der Waals surface area (Å²) in [5, 5.41) is 4.57. The van der Waals surface area contributed by atoms with Gasteiger partial charge in [0.2, 0.25) is 5.91 Å². The summed E-state index contributed by atoms with van der Waals surface area (Å²) in [6.45, 7) is 4.33. The van der Waals surface area contributed by atoms with Gasteiger partial charge in [-0.05, 0) is 54.7 Å². The minimum atomic E-state index is -0.0629. The lowest BCUT2D eigenvalue weighted by molar-refractivity contribution is -0.115. The van der Waals surface area contributed by atoms with Crippen molar-refractivity contribution < 1.29 is 4.79 Å². The van der Waals surface area contributed by atoms with Gasteiger partial charge in [-0.25, -0.2) is 0 Å². The van der Waals surface area contributed by atoms with Crippen LogP contribution in [0.1, 0.15) is 37.0 Å². The number of amides is 1. The third-order valence-electron chi connectivity index (χ3n) is 5.03. The van der Waals surface area contributed by atoms with Gasteiger partial charge in [-0.1, -0.05) is 32.0 Å². The molecule has 1 amide bonds. The van der Waals surface area contributed by atoms with Crippen LogP contribution in [-0.4, -0.2) is 16.1 Å². The van der Waals surface area contributed by atoms with Crippen molar-refractivity contribution in [3.8, 4) is 0 Å². The minimum Gasteiger partial charge on any atom is -0.326 e. The second kappa shape index (κ2) is 7.84. The summed E-state index contributed by atoms with van der Waals surface area (Å²) in [7, 11) is 0. The summed E-state index contributed by atoms with van der Waals surface area (Å²) >= 11 is 1.81. The number of aromatic amines is 1. The van der Waals surface area contributed by atoms with Crippen molar-refractivity contribution >= 4 is 34.3 Å². The number of pyridine rings is 1. The Hall–Kier alpha value is -2.53. The Morgan fingerprint density at radius 1 is 1.11 bits per heavy atom. The fourth-order valence-electron chi connectivity index (χ4n) is 3.83. The number of H-pyrrole nitrogens is 1. The van der Waals surface area contributed by atoms with Gasteiger partial charge in [0.15, 0.2) is 0 Å². The molecule has 1 heterocycles. The van der Waals surface area contributed by atoms with E-state index in [9.17, 15) is 9.59 Å². The number of hydrogen-bond acceptors (Lipinski definition) is 3. The number of benzene rings is 2. The van der Waals surface area contributed by atoms with E-state index in [0.717, 1.165) is 46.9 Å². The van der Waals surface area contributed by atoms with E-state index in [-0.39, 0.29) is 11.5 Å². The van der Waals surface area contributed by atoms with E-state index in [0.29, 0.717) is 17.4 Å². The molecule has 144 valence electrons. The van der Waals surface area contributed by atoms with E-state index < -0.39 is 0 Å². The van der Waals surface area contributed by atoms with Crippen molar-refractivity contribution in [2.75, 3.05) is 5.32 Å². The Labute approximate surface area is 168 Å². The van der Waals surface area contributed by atoms with Gasteiger partial charge in [0, 0.05) is 26.8 Å². The van der Waals surface area contributed by atoms with Gasteiger partial charge < -0.3 is 10.3 Å². The van der Waals surface area contributed by atoms with Gasteiger partial charge in [0.25, 0.3) is 5.56 Å². The summed E-state index contributed by atoms with van der Waals surface area (Å²) < 4.78 is 0. The predicted octanol–water partition coefficient (Wildman–Crippen LogP) is 4.70. The van der Waals surface area contributed by atoms with Gasteiger partial charge in [-0.2, -0.15) is 0 Å². The molecule has 1 aliphatic rings. The molecule has 2 N–H and O–H groups in total. The topological polar surface area (TPSA) is 62.0 Å². The number of thioether (sulfide) groups is 1. The molecular formula is C23H24N2O2S. The number of hydrogen-bond donors (Lipinski definition) is 2. The van der Waals surface area contributed by atoms with Crippen molar-refractivity contribution in [2.24, 2.45) is 0 Å². The zero-order chi connectivity index (χ0) is 19.7. The van der Waals surface area contributed by atoms with Crippen LogP contribution in [0.15, 0.2) is 52.2 Å². The van der Waals surface area contributed by atoms with Gasteiger partial charge in [0.1, 0.15) is 0 Å². The lowest BCUT2D eigenvalue weighted by Crippen LogP contribution is -2.15.